The second-order valence-corrected chi connectivity index (χ2v) is 7.46. The van der Waals surface area contributed by atoms with E-state index in [0.29, 0.717) is 37.2 Å². The molecule has 2 aromatic heterocycles. The van der Waals surface area contributed by atoms with Crippen molar-refractivity contribution in [2.24, 2.45) is 0 Å². The molecule has 5 rings (SSSR count). The molecule has 2 unspecified atom stereocenters. The molecule has 0 bridgehead atoms. The van der Waals surface area contributed by atoms with Crippen LogP contribution in [0.5, 0.6) is 0 Å². The van der Waals surface area contributed by atoms with Crippen molar-refractivity contribution in [1.82, 2.24) is 25.1 Å². The van der Waals surface area contributed by atoms with Crippen molar-refractivity contribution >= 4 is 5.91 Å². The Hall–Kier alpha value is -3.13. The number of aryl methyl sites for hydroxylation is 1. The highest BCUT2D eigenvalue weighted by Crippen LogP contribution is 2.33. The Morgan fingerprint density at radius 3 is 2.93 bits per heavy atom. The fraction of sp³-hybridized carbons (Fsp3) is 0.381. The summed E-state index contributed by atoms with van der Waals surface area (Å²) >= 11 is 0. The molecule has 0 radical (unpaired) electrons. The highest BCUT2D eigenvalue weighted by Gasteiger charge is 2.36. The Morgan fingerprint density at radius 1 is 1.17 bits per heavy atom. The van der Waals surface area contributed by atoms with Crippen LogP contribution in [0.15, 0.2) is 41.1 Å². The molecule has 2 atom stereocenters. The van der Waals surface area contributed by atoms with Gasteiger partial charge in [0.2, 0.25) is 5.89 Å². The molecule has 1 saturated heterocycles. The Morgan fingerprint density at radius 2 is 2.07 bits per heavy atom. The number of hydrogen-bond donors (Lipinski definition) is 0. The summed E-state index contributed by atoms with van der Waals surface area (Å²) in [6.07, 6.45) is 4.38. The lowest BCUT2D eigenvalue weighted by Crippen LogP contribution is -2.36. The number of rotatable bonds is 3. The summed E-state index contributed by atoms with van der Waals surface area (Å²) in [5.74, 6) is 0.894. The normalized spacial score (nSPS) is 21.2. The van der Waals surface area contributed by atoms with Gasteiger partial charge in [0.25, 0.3) is 11.8 Å². The van der Waals surface area contributed by atoms with Gasteiger partial charge in [0.1, 0.15) is 5.69 Å². The first-order chi connectivity index (χ1) is 14.2. The number of hydrogen-bond acceptors (Lipinski definition) is 7. The van der Waals surface area contributed by atoms with Gasteiger partial charge in [-0.2, -0.15) is 0 Å². The number of aromatic nitrogens is 4. The summed E-state index contributed by atoms with van der Waals surface area (Å²) in [4.78, 5) is 23.4. The largest absolute Gasteiger partial charge is 0.419 e. The number of amides is 1. The second-order valence-electron chi connectivity index (χ2n) is 7.46. The summed E-state index contributed by atoms with van der Waals surface area (Å²) in [5.41, 5.74) is 3.54. The number of ether oxygens (including phenoxy) is 1. The first kappa shape index (κ1) is 17.9. The van der Waals surface area contributed by atoms with Crippen LogP contribution in [0.2, 0.25) is 0 Å². The molecule has 1 amide bonds. The summed E-state index contributed by atoms with van der Waals surface area (Å²) in [7, 11) is 0. The number of likely N-dealkylation sites (tertiary alicyclic amines) is 1. The zero-order valence-electron chi connectivity index (χ0n) is 16.1. The SMILES string of the molecule is Cc1cnc(-c2nnc(C3CCN(C(=O)C4OCCc5ccccc54)C3)o2)cn1. The highest BCUT2D eigenvalue weighted by atomic mass is 16.5. The number of benzene rings is 1. The van der Waals surface area contributed by atoms with Crippen molar-refractivity contribution in [3.8, 4) is 11.6 Å². The maximum Gasteiger partial charge on any atom is 0.267 e. The average molecular weight is 391 g/mol. The number of carbonyl (C=O) groups excluding carboxylic acids is 1. The third-order valence-electron chi connectivity index (χ3n) is 5.51. The van der Waals surface area contributed by atoms with Crippen LogP contribution in [0, 0.1) is 6.92 Å². The smallest absolute Gasteiger partial charge is 0.267 e. The van der Waals surface area contributed by atoms with E-state index in [9.17, 15) is 4.79 Å². The van der Waals surface area contributed by atoms with Crippen molar-refractivity contribution in [1.29, 1.82) is 0 Å². The first-order valence-electron chi connectivity index (χ1n) is 9.79. The quantitative estimate of drug-likeness (QED) is 0.677. The van der Waals surface area contributed by atoms with Crippen LogP contribution in [0.1, 0.15) is 41.2 Å². The number of nitrogens with zero attached hydrogens (tertiary/aromatic N) is 5. The summed E-state index contributed by atoms with van der Waals surface area (Å²) in [6, 6.07) is 8.01. The van der Waals surface area contributed by atoms with Gasteiger partial charge in [0.15, 0.2) is 6.10 Å². The van der Waals surface area contributed by atoms with Crippen LogP contribution < -0.4 is 0 Å². The first-order valence-corrected chi connectivity index (χ1v) is 9.79. The Kier molecular flexibility index (Phi) is 4.55. The van der Waals surface area contributed by atoms with Gasteiger partial charge in [0, 0.05) is 19.3 Å². The Labute approximate surface area is 167 Å². The zero-order chi connectivity index (χ0) is 19.8. The maximum absolute atomic E-state index is 13.1. The topological polar surface area (TPSA) is 94.2 Å². The highest BCUT2D eigenvalue weighted by molar-refractivity contribution is 5.83. The molecule has 148 valence electrons. The minimum absolute atomic E-state index is 0.00351. The van der Waals surface area contributed by atoms with Gasteiger partial charge >= 0.3 is 0 Å². The zero-order valence-corrected chi connectivity index (χ0v) is 16.1. The van der Waals surface area contributed by atoms with Crippen LogP contribution in [0.25, 0.3) is 11.6 Å². The molecular weight excluding hydrogens is 370 g/mol. The van der Waals surface area contributed by atoms with Crippen molar-refractivity contribution in [2.75, 3.05) is 19.7 Å². The lowest BCUT2D eigenvalue weighted by atomic mass is 9.97. The fourth-order valence-corrected chi connectivity index (χ4v) is 3.93. The predicted octanol–water partition coefficient (Wildman–Crippen LogP) is 2.46. The molecule has 0 spiro atoms. The summed E-state index contributed by atoms with van der Waals surface area (Å²) < 4.78 is 11.7. The standard InChI is InChI=1S/C21H21N5O3/c1-13-10-23-17(11-22-13)20-25-24-19(29-20)15-6-8-26(12-15)21(27)18-16-5-3-2-4-14(16)7-9-28-18/h2-5,10-11,15,18H,6-9,12H2,1H3. The lowest BCUT2D eigenvalue weighted by molar-refractivity contribution is -0.144. The molecular formula is C21H21N5O3. The minimum Gasteiger partial charge on any atom is -0.419 e. The third-order valence-corrected chi connectivity index (χ3v) is 5.51. The van der Waals surface area contributed by atoms with E-state index >= 15 is 0 Å². The van der Waals surface area contributed by atoms with Crippen LogP contribution in [0.4, 0.5) is 0 Å². The predicted molar refractivity (Wildman–Crippen MR) is 103 cm³/mol. The monoisotopic (exact) mass is 391 g/mol. The molecule has 1 aromatic carbocycles. The van der Waals surface area contributed by atoms with Crippen molar-refractivity contribution in [2.45, 2.75) is 31.8 Å². The van der Waals surface area contributed by atoms with Crippen LogP contribution in [0.3, 0.4) is 0 Å². The van der Waals surface area contributed by atoms with Gasteiger partial charge in [-0.05, 0) is 30.9 Å². The lowest BCUT2D eigenvalue weighted by Gasteiger charge is -2.28. The van der Waals surface area contributed by atoms with Gasteiger partial charge in [-0.3, -0.25) is 9.78 Å². The second kappa shape index (κ2) is 7.36. The van der Waals surface area contributed by atoms with E-state index in [-0.39, 0.29) is 11.8 Å². The van der Waals surface area contributed by atoms with Gasteiger partial charge in [-0.15, -0.1) is 10.2 Å². The van der Waals surface area contributed by atoms with E-state index in [1.165, 1.54) is 5.56 Å². The van der Waals surface area contributed by atoms with Gasteiger partial charge in [0.05, 0.1) is 24.4 Å². The summed E-state index contributed by atoms with van der Waals surface area (Å²) in [6.45, 7) is 3.62. The molecule has 0 N–H and O–H groups in total. The van der Waals surface area contributed by atoms with E-state index in [1.54, 1.807) is 12.4 Å². The molecule has 0 saturated carbocycles. The van der Waals surface area contributed by atoms with Crippen molar-refractivity contribution in [3.63, 3.8) is 0 Å². The fourth-order valence-electron chi connectivity index (χ4n) is 3.93. The van der Waals surface area contributed by atoms with E-state index in [2.05, 4.69) is 26.2 Å². The van der Waals surface area contributed by atoms with Crippen molar-refractivity contribution < 1.29 is 13.9 Å². The number of fused-ring (bicyclic) bond motifs is 1. The average Bonchev–Trinajstić information content (AvgIpc) is 3.43. The van der Waals surface area contributed by atoms with Crippen LogP contribution in [-0.2, 0) is 16.0 Å². The van der Waals surface area contributed by atoms with Gasteiger partial charge in [-0.1, -0.05) is 24.3 Å². The summed E-state index contributed by atoms with van der Waals surface area (Å²) in [5, 5.41) is 8.29. The molecule has 2 aliphatic heterocycles. The van der Waals surface area contributed by atoms with Gasteiger partial charge < -0.3 is 14.1 Å². The number of carbonyl (C=O) groups is 1. The third kappa shape index (κ3) is 3.40. The molecule has 29 heavy (non-hydrogen) atoms. The molecule has 8 nitrogen and oxygen atoms in total. The Balaban J connectivity index is 1.30. The maximum atomic E-state index is 13.1. The molecule has 1 fully saturated rings. The minimum atomic E-state index is -0.528. The molecule has 2 aliphatic rings. The Bertz CT molecular complexity index is 1030. The van der Waals surface area contributed by atoms with Crippen LogP contribution in [-0.4, -0.2) is 50.7 Å². The van der Waals surface area contributed by atoms with E-state index in [4.69, 9.17) is 9.15 Å². The van der Waals surface area contributed by atoms with E-state index < -0.39 is 6.10 Å². The van der Waals surface area contributed by atoms with E-state index in [0.717, 1.165) is 24.1 Å². The van der Waals surface area contributed by atoms with E-state index in [1.807, 2.05) is 30.0 Å². The molecule has 0 aliphatic carbocycles. The van der Waals surface area contributed by atoms with Gasteiger partial charge in [-0.25, -0.2) is 4.98 Å². The van der Waals surface area contributed by atoms with Crippen molar-refractivity contribution in [3.05, 3.63) is 59.4 Å². The molecule has 3 aromatic rings. The molecule has 8 heteroatoms. The van der Waals surface area contributed by atoms with Crippen LogP contribution >= 0.6 is 0 Å². The molecule has 4 heterocycles.